The van der Waals surface area contributed by atoms with Gasteiger partial charge in [-0.1, -0.05) is 94.1 Å². The lowest BCUT2D eigenvalue weighted by molar-refractivity contribution is -0.114. The number of benzene rings is 4. The summed E-state index contributed by atoms with van der Waals surface area (Å²) < 4.78 is 6.17. The predicted molar refractivity (Wildman–Crippen MR) is 276 cm³/mol. The van der Waals surface area contributed by atoms with Gasteiger partial charge in [0.1, 0.15) is 5.75 Å². The number of aromatic hydroxyl groups is 2. The Morgan fingerprint density at radius 1 is 0.899 bits per heavy atom. The Hall–Kier alpha value is -5.26. The molecule has 4 aromatic carbocycles. The second-order valence-electron chi connectivity index (χ2n) is 19.3. The first-order valence-electron chi connectivity index (χ1n) is 24.4. The number of nitrogens with one attached hydrogen (secondary N) is 1. The molecule has 69 heavy (non-hydrogen) atoms. The number of fused-ring (bicyclic) bond motifs is 9. The van der Waals surface area contributed by atoms with Crippen molar-refractivity contribution in [1.29, 1.82) is 0 Å². The number of aryl methyl sites for hydroxylation is 2. The van der Waals surface area contributed by atoms with Crippen molar-refractivity contribution in [3.8, 4) is 29.1 Å². The number of carbonyl (C=O) groups excluding carboxylic acids is 2. The Balaban J connectivity index is 1.10. The van der Waals surface area contributed by atoms with Gasteiger partial charge in [-0.2, -0.15) is 0 Å². The molecule has 0 spiro atoms. The Morgan fingerprint density at radius 2 is 1.71 bits per heavy atom. The lowest BCUT2D eigenvalue weighted by Gasteiger charge is -2.29. The van der Waals surface area contributed by atoms with E-state index in [9.17, 15) is 30.0 Å². The fraction of sp³-hybridized carbons (Fsp3) is 0.404. The van der Waals surface area contributed by atoms with E-state index in [2.05, 4.69) is 41.1 Å². The zero-order valence-electron chi connectivity index (χ0n) is 39.2. The van der Waals surface area contributed by atoms with Gasteiger partial charge in [0.25, 0.3) is 0 Å². The van der Waals surface area contributed by atoms with Crippen LogP contribution in [0.3, 0.4) is 0 Å². The van der Waals surface area contributed by atoms with E-state index >= 15 is 0 Å². The average molecular weight is 968 g/mol. The summed E-state index contributed by atoms with van der Waals surface area (Å²) >= 11 is 0. The van der Waals surface area contributed by atoms with Gasteiger partial charge < -0.3 is 41.6 Å². The highest BCUT2D eigenvalue weighted by Crippen LogP contribution is 2.50. The molecule has 2 aliphatic carbocycles. The summed E-state index contributed by atoms with van der Waals surface area (Å²) in [5.74, 6) is 8.66. The number of ketones is 2. The van der Waals surface area contributed by atoms with Crippen molar-refractivity contribution in [2.45, 2.75) is 107 Å². The molecule has 8 rings (SSSR count). The van der Waals surface area contributed by atoms with Gasteiger partial charge in [0.2, 0.25) is 0 Å². The molecule has 10 nitrogen and oxygen atoms in total. The highest BCUT2D eigenvalue weighted by molar-refractivity contribution is 8.76. The van der Waals surface area contributed by atoms with E-state index < -0.39 is 18.2 Å². The number of H-pyrrole nitrogens is 1. The topological polar surface area (TPSA) is 192 Å². The number of phenols is 2. The smallest absolute Gasteiger partial charge is 0.165 e. The number of Topliss-reactive ketones (excluding diaryl/α,β-unsaturated/α-hetero) is 1. The average Bonchev–Trinajstić information content (AvgIpc) is 4.00. The normalized spacial score (nSPS) is 20.9. The Kier molecular flexibility index (Phi) is 17.1. The Morgan fingerprint density at radius 3 is 2.52 bits per heavy atom. The van der Waals surface area contributed by atoms with Gasteiger partial charge in [-0.25, -0.2) is 0 Å². The zero-order chi connectivity index (χ0) is 48.3. The summed E-state index contributed by atoms with van der Waals surface area (Å²) in [5.41, 5.74) is 21.0. The fourth-order valence-corrected chi connectivity index (χ4v) is 13.0. The molecule has 0 saturated heterocycles. The van der Waals surface area contributed by atoms with Crippen LogP contribution in [-0.2, 0) is 36.2 Å². The van der Waals surface area contributed by atoms with Crippen LogP contribution in [0.1, 0.15) is 130 Å². The number of aromatic amines is 1. The molecule has 5 aromatic rings. The zero-order valence-corrected chi connectivity index (χ0v) is 40.8. The molecule has 362 valence electrons. The van der Waals surface area contributed by atoms with Crippen molar-refractivity contribution in [2.24, 2.45) is 28.7 Å². The summed E-state index contributed by atoms with van der Waals surface area (Å²) in [4.78, 5) is 31.1. The van der Waals surface area contributed by atoms with Crippen LogP contribution in [0.15, 0.2) is 103 Å². The van der Waals surface area contributed by atoms with E-state index in [0.29, 0.717) is 66.2 Å². The van der Waals surface area contributed by atoms with E-state index in [1.807, 2.05) is 53.3 Å². The van der Waals surface area contributed by atoms with E-state index in [-0.39, 0.29) is 54.0 Å². The minimum absolute atomic E-state index is 0.00518. The van der Waals surface area contributed by atoms with Gasteiger partial charge >= 0.3 is 0 Å². The summed E-state index contributed by atoms with van der Waals surface area (Å²) in [5, 5.41) is 42.8. The maximum absolute atomic E-state index is 14.2. The number of hydrogen-bond donors (Lipinski definition) is 7. The first kappa shape index (κ1) is 50.1. The van der Waals surface area contributed by atoms with E-state index in [0.717, 1.165) is 84.2 Å². The van der Waals surface area contributed by atoms with Gasteiger partial charge in [-0.3, -0.25) is 9.59 Å². The first-order valence-corrected chi connectivity index (χ1v) is 26.9. The van der Waals surface area contributed by atoms with Gasteiger partial charge in [0.15, 0.2) is 23.1 Å². The van der Waals surface area contributed by atoms with Crippen LogP contribution in [0, 0.1) is 29.1 Å². The lowest BCUT2D eigenvalue weighted by atomic mass is 9.76. The number of rotatable bonds is 10. The quantitative estimate of drug-likeness (QED) is 0.0401. The van der Waals surface area contributed by atoms with Crippen molar-refractivity contribution in [2.75, 3.05) is 19.0 Å². The summed E-state index contributed by atoms with van der Waals surface area (Å²) in [6.45, 7) is -0.0368. The van der Waals surface area contributed by atoms with Crippen molar-refractivity contribution < 1.29 is 34.8 Å². The molecule has 0 radical (unpaired) electrons. The minimum atomic E-state index is -0.777. The predicted octanol–water partition coefficient (Wildman–Crippen LogP) is 9.79. The van der Waals surface area contributed by atoms with Crippen LogP contribution in [0.4, 0.5) is 0 Å². The molecule has 12 heteroatoms. The van der Waals surface area contributed by atoms with Crippen LogP contribution in [0.25, 0.3) is 0 Å². The number of aliphatic hydroxyl groups is 2. The molecule has 5 atom stereocenters. The van der Waals surface area contributed by atoms with Crippen LogP contribution >= 0.6 is 21.6 Å². The van der Waals surface area contributed by atoms with Crippen molar-refractivity contribution in [3.63, 3.8) is 0 Å². The molecule has 5 unspecified atom stereocenters. The molecule has 1 saturated carbocycles. The molecule has 1 aliphatic heterocycles. The number of carbonyl (C=O) groups is 2. The van der Waals surface area contributed by atoms with Crippen LogP contribution < -0.4 is 16.2 Å². The molecule has 1 aromatic heterocycles. The highest BCUT2D eigenvalue weighted by Gasteiger charge is 2.38. The molecular weight excluding hydrogens is 903 g/mol. The molecule has 0 amide bonds. The van der Waals surface area contributed by atoms with Crippen LogP contribution in [0.2, 0.25) is 0 Å². The molecule has 8 bridgehead atoms. The number of nitrogens with two attached hydrogens (primary N) is 2. The Bertz CT molecular complexity index is 2670. The Labute approximate surface area is 414 Å². The number of allylic oxidation sites excluding steroid dienone is 2. The second-order valence-corrected chi connectivity index (χ2v) is 21.8. The maximum atomic E-state index is 14.2. The second kappa shape index (κ2) is 23.6. The minimum Gasteiger partial charge on any atom is -0.508 e. The number of aliphatic hydroxyl groups excluding tert-OH is 2. The van der Waals surface area contributed by atoms with Gasteiger partial charge in [-0.15, -0.1) is 0 Å². The van der Waals surface area contributed by atoms with Gasteiger partial charge in [0, 0.05) is 65.3 Å². The third-order valence-corrected chi connectivity index (χ3v) is 16.8. The van der Waals surface area contributed by atoms with Gasteiger partial charge in [-0.05, 0) is 145 Å². The molecular formula is C57H65N3O7S2. The largest absolute Gasteiger partial charge is 0.508 e. The van der Waals surface area contributed by atoms with E-state index in [1.165, 1.54) is 5.56 Å². The monoisotopic (exact) mass is 967 g/mol. The van der Waals surface area contributed by atoms with Crippen molar-refractivity contribution >= 4 is 33.2 Å². The molecule has 9 N–H and O–H groups in total. The van der Waals surface area contributed by atoms with Crippen molar-refractivity contribution in [1.82, 2.24) is 4.98 Å². The third-order valence-electron chi connectivity index (χ3n) is 14.4. The van der Waals surface area contributed by atoms with E-state index in [1.54, 1.807) is 47.3 Å². The molecule has 3 aliphatic rings. The van der Waals surface area contributed by atoms with Crippen LogP contribution in [-0.4, -0.2) is 62.0 Å². The first-order chi connectivity index (χ1) is 33.5. The number of aromatic nitrogens is 1. The summed E-state index contributed by atoms with van der Waals surface area (Å²) in [6.07, 6.45) is 12.9. The summed E-state index contributed by atoms with van der Waals surface area (Å²) in [6, 6.07) is 26.9. The number of ether oxygens (including phenoxy) is 1. The third kappa shape index (κ3) is 13.1. The number of phenolic OH excluding ortho intramolecular Hbond substituents is 2. The SMILES string of the molecule is NC(N)c1cc2c3cc1CSSCC1CCC(CCC(CCc4ccccc4)CC(O)CO)(C=CC(=O)CCc4ccc(O)c(c4)OCCc4ccc(O)c(c4)C3CC(=O)c3cc[nH]c3CC#C2)C1. The summed E-state index contributed by atoms with van der Waals surface area (Å²) in [7, 11) is 3.57. The van der Waals surface area contributed by atoms with Crippen molar-refractivity contribution in [3.05, 3.63) is 159 Å². The standard InChI is InChI=1S/C57H65N3O7S2/c58-56(59)48-30-42-7-4-8-51-46(20-25-60-51)54(66)32-49-47(42)31-43(48)36-69-68-35-41-18-23-57(33-41,22-17-39(27-45(63)34-61)10-9-37-5-2-1-3-6-37)24-19-44(62)14-11-38-13-16-53(65)55(29-38)67-26-21-40-12-15-52(64)50(49)28-40/h1-3,5-6,12-13,15-16,19-20,24-25,28-31,39,41,45,49,56,60-61,63-65H,8-11,14,17-18,21-23,26-27,32-36,58-59H2. The maximum Gasteiger partial charge on any atom is 0.165 e. The van der Waals surface area contributed by atoms with E-state index in [4.69, 9.17) is 16.2 Å². The van der Waals surface area contributed by atoms with Gasteiger partial charge in [0.05, 0.1) is 31.9 Å². The fourth-order valence-electron chi connectivity index (χ4n) is 10.5. The molecule has 1 fully saturated rings. The number of hydrogen-bond acceptors (Lipinski definition) is 11. The van der Waals surface area contributed by atoms with Crippen LogP contribution in [0.5, 0.6) is 17.2 Å². The highest BCUT2D eigenvalue weighted by atomic mass is 33.1. The lowest BCUT2D eigenvalue weighted by Crippen LogP contribution is -2.22. The molecule has 2 heterocycles.